The number of halogens is 1. The van der Waals surface area contributed by atoms with E-state index in [0.29, 0.717) is 24.2 Å². The molecule has 1 aliphatic rings. The number of ether oxygens (including phenoxy) is 1. The number of nitrogens with zero attached hydrogens (tertiary/aromatic N) is 1. The molecule has 6 nitrogen and oxygen atoms in total. The molecule has 1 aromatic heterocycles. The molecule has 2 aromatic rings. The van der Waals surface area contributed by atoms with Gasteiger partial charge in [0.05, 0.1) is 18.7 Å². The minimum absolute atomic E-state index is 0.0923. The Hall–Kier alpha value is -2.70. The quantitative estimate of drug-likeness (QED) is 0.878. The lowest BCUT2D eigenvalue weighted by Crippen LogP contribution is -2.27. The third-order valence-electron chi connectivity index (χ3n) is 3.88. The zero-order chi connectivity index (χ0) is 16.6. The van der Waals surface area contributed by atoms with Crippen LogP contribution in [0.15, 0.2) is 22.7 Å². The summed E-state index contributed by atoms with van der Waals surface area (Å²) in [5.41, 5.74) is 1.59. The number of fused-ring (bicyclic) bond motifs is 1. The van der Waals surface area contributed by atoms with Gasteiger partial charge in [-0.1, -0.05) is 5.16 Å². The van der Waals surface area contributed by atoms with Gasteiger partial charge in [-0.2, -0.15) is 0 Å². The largest absolute Gasteiger partial charge is 0.465 e. The van der Waals surface area contributed by atoms with Crippen molar-refractivity contribution in [1.82, 2.24) is 10.5 Å². The van der Waals surface area contributed by atoms with E-state index in [1.165, 1.54) is 25.3 Å². The van der Waals surface area contributed by atoms with Gasteiger partial charge in [-0.05, 0) is 43.0 Å². The maximum absolute atomic E-state index is 14.1. The van der Waals surface area contributed by atoms with Gasteiger partial charge in [-0.15, -0.1) is 0 Å². The van der Waals surface area contributed by atoms with Crippen molar-refractivity contribution in [2.45, 2.75) is 25.8 Å². The molecule has 0 radical (unpaired) electrons. The van der Waals surface area contributed by atoms with Crippen LogP contribution in [0.4, 0.5) is 4.39 Å². The van der Waals surface area contributed by atoms with E-state index in [1.54, 1.807) is 6.92 Å². The van der Waals surface area contributed by atoms with Gasteiger partial charge in [-0.25, -0.2) is 9.18 Å². The van der Waals surface area contributed by atoms with Gasteiger partial charge in [0.15, 0.2) is 5.69 Å². The number of carbonyl (C=O) groups is 2. The second kappa shape index (κ2) is 5.83. The molecule has 1 N–H and O–H groups in total. The number of carbonyl (C=O) groups excluding carboxylic acids is 2. The summed E-state index contributed by atoms with van der Waals surface area (Å²) >= 11 is 0. The highest BCUT2D eigenvalue weighted by atomic mass is 19.1. The third-order valence-corrected chi connectivity index (χ3v) is 3.88. The molecule has 23 heavy (non-hydrogen) atoms. The maximum atomic E-state index is 14.1. The van der Waals surface area contributed by atoms with Crippen LogP contribution >= 0.6 is 0 Å². The van der Waals surface area contributed by atoms with Gasteiger partial charge < -0.3 is 14.6 Å². The standard InChI is InChI=1S/C16H15FN2O4/c1-8-5-14(19-23-8)15(20)18-13-4-3-9-6-11(16(21)22-2)12(17)7-10(9)13/h5-7,13H,3-4H2,1-2H3,(H,18,20)/t13-/m1/s1. The fraction of sp³-hybridized carbons (Fsp3) is 0.312. The van der Waals surface area contributed by atoms with E-state index < -0.39 is 11.8 Å². The number of methoxy groups -OCH3 is 1. The van der Waals surface area contributed by atoms with Crippen molar-refractivity contribution in [3.63, 3.8) is 0 Å². The number of hydrogen-bond donors (Lipinski definition) is 1. The first-order valence-corrected chi connectivity index (χ1v) is 7.14. The van der Waals surface area contributed by atoms with E-state index in [0.717, 1.165) is 5.56 Å². The lowest BCUT2D eigenvalue weighted by atomic mass is 10.0. The topological polar surface area (TPSA) is 81.4 Å². The van der Waals surface area contributed by atoms with Crippen molar-refractivity contribution in [2.75, 3.05) is 7.11 Å². The number of aromatic nitrogens is 1. The van der Waals surface area contributed by atoms with Gasteiger partial charge in [0.25, 0.3) is 5.91 Å². The van der Waals surface area contributed by atoms with Crippen molar-refractivity contribution >= 4 is 11.9 Å². The summed E-state index contributed by atoms with van der Waals surface area (Å²) in [6, 6.07) is 3.98. The van der Waals surface area contributed by atoms with Crippen molar-refractivity contribution < 1.29 is 23.2 Å². The minimum Gasteiger partial charge on any atom is -0.465 e. The molecular weight excluding hydrogens is 303 g/mol. The predicted octanol–water partition coefficient (Wildman–Crippen LogP) is 2.33. The lowest BCUT2D eigenvalue weighted by molar-refractivity contribution is 0.0595. The molecule has 0 saturated carbocycles. The van der Waals surface area contributed by atoms with Crippen LogP contribution in [0.25, 0.3) is 0 Å². The highest BCUT2D eigenvalue weighted by Crippen LogP contribution is 2.33. The molecule has 0 bridgehead atoms. The molecule has 0 saturated heterocycles. The van der Waals surface area contributed by atoms with Crippen LogP contribution in [0.2, 0.25) is 0 Å². The molecule has 0 spiro atoms. The van der Waals surface area contributed by atoms with E-state index in [9.17, 15) is 14.0 Å². The third kappa shape index (κ3) is 2.81. The molecule has 7 heteroatoms. The van der Waals surface area contributed by atoms with Gasteiger partial charge in [-0.3, -0.25) is 4.79 Å². The Balaban J connectivity index is 1.83. The molecule has 0 fully saturated rings. The molecule has 0 aliphatic heterocycles. The lowest BCUT2D eigenvalue weighted by Gasteiger charge is -2.13. The normalized spacial score (nSPS) is 16.0. The van der Waals surface area contributed by atoms with Gasteiger partial charge in [0.1, 0.15) is 11.6 Å². The number of aryl methyl sites for hydroxylation is 2. The predicted molar refractivity (Wildman–Crippen MR) is 77.5 cm³/mol. The first-order valence-electron chi connectivity index (χ1n) is 7.14. The molecule has 1 aromatic carbocycles. The van der Waals surface area contributed by atoms with Gasteiger partial charge in [0, 0.05) is 6.07 Å². The van der Waals surface area contributed by atoms with Crippen molar-refractivity contribution in [1.29, 1.82) is 0 Å². The summed E-state index contributed by atoms with van der Waals surface area (Å²) in [5, 5.41) is 6.47. The zero-order valence-corrected chi connectivity index (χ0v) is 12.7. The average Bonchev–Trinajstić information content (AvgIpc) is 3.12. The Morgan fingerprint density at radius 2 is 2.17 bits per heavy atom. The Morgan fingerprint density at radius 3 is 2.83 bits per heavy atom. The van der Waals surface area contributed by atoms with Crippen LogP contribution < -0.4 is 5.32 Å². The summed E-state index contributed by atoms with van der Waals surface area (Å²) in [4.78, 5) is 23.7. The van der Waals surface area contributed by atoms with E-state index in [-0.39, 0.29) is 23.2 Å². The van der Waals surface area contributed by atoms with E-state index in [1.807, 2.05) is 0 Å². The first kappa shape index (κ1) is 15.2. The van der Waals surface area contributed by atoms with E-state index in [4.69, 9.17) is 4.52 Å². The van der Waals surface area contributed by atoms with Crippen LogP contribution in [0.5, 0.6) is 0 Å². The summed E-state index contributed by atoms with van der Waals surface area (Å²) in [7, 11) is 1.21. The van der Waals surface area contributed by atoms with E-state index >= 15 is 0 Å². The average molecular weight is 318 g/mol. The highest BCUT2D eigenvalue weighted by Gasteiger charge is 2.28. The highest BCUT2D eigenvalue weighted by molar-refractivity contribution is 5.93. The van der Waals surface area contributed by atoms with Crippen LogP contribution in [0, 0.1) is 12.7 Å². The number of benzene rings is 1. The molecule has 1 aliphatic carbocycles. The monoisotopic (exact) mass is 318 g/mol. The molecule has 1 amide bonds. The van der Waals surface area contributed by atoms with Gasteiger partial charge in [0.2, 0.25) is 0 Å². The Labute approximate surface area is 131 Å². The minimum atomic E-state index is -0.712. The SMILES string of the molecule is COC(=O)c1cc2c(cc1F)[C@H](NC(=O)c1cc(C)on1)CC2. The van der Waals surface area contributed by atoms with Crippen LogP contribution in [0.3, 0.4) is 0 Å². The zero-order valence-electron chi connectivity index (χ0n) is 12.7. The second-order valence-corrected chi connectivity index (χ2v) is 5.41. The molecule has 3 rings (SSSR count). The first-order chi connectivity index (χ1) is 11.0. The molecule has 1 atom stereocenters. The summed E-state index contributed by atoms with van der Waals surface area (Å²) in [5.74, 6) is -1.21. The summed E-state index contributed by atoms with van der Waals surface area (Å²) in [6.45, 7) is 1.69. The second-order valence-electron chi connectivity index (χ2n) is 5.41. The van der Waals surface area contributed by atoms with E-state index in [2.05, 4.69) is 15.2 Å². The van der Waals surface area contributed by atoms with Crippen molar-refractivity contribution in [3.8, 4) is 0 Å². The maximum Gasteiger partial charge on any atom is 0.340 e. The Bertz CT molecular complexity index is 784. The number of hydrogen-bond acceptors (Lipinski definition) is 5. The van der Waals surface area contributed by atoms with Gasteiger partial charge >= 0.3 is 5.97 Å². The Kier molecular flexibility index (Phi) is 3.85. The molecular formula is C16H15FN2O4. The number of esters is 1. The van der Waals surface area contributed by atoms with Crippen LogP contribution in [-0.2, 0) is 11.2 Å². The fourth-order valence-corrected chi connectivity index (χ4v) is 2.75. The Morgan fingerprint density at radius 1 is 1.39 bits per heavy atom. The summed E-state index contributed by atoms with van der Waals surface area (Å²) in [6.07, 6.45) is 1.27. The fourth-order valence-electron chi connectivity index (χ4n) is 2.75. The number of nitrogens with one attached hydrogen (secondary N) is 1. The van der Waals surface area contributed by atoms with Crippen LogP contribution in [0.1, 0.15) is 50.2 Å². The number of amides is 1. The summed E-state index contributed by atoms with van der Waals surface area (Å²) < 4.78 is 23.5. The van der Waals surface area contributed by atoms with Crippen molar-refractivity contribution in [3.05, 3.63) is 52.2 Å². The van der Waals surface area contributed by atoms with Crippen molar-refractivity contribution in [2.24, 2.45) is 0 Å². The van der Waals surface area contributed by atoms with Crippen LogP contribution in [-0.4, -0.2) is 24.1 Å². The smallest absolute Gasteiger partial charge is 0.340 e. The number of rotatable bonds is 3. The molecule has 1 heterocycles. The molecule has 120 valence electrons. The molecule has 0 unspecified atom stereocenters.